The molecule has 3 nitrogen and oxygen atoms in total. The van der Waals surface area contributed by atoms with E-state index in [9.17, 15) is 4.39 Å². The standard InChI is InChI=1S/C15H22FNO2/c1-17-8-3-2-4-13(17)7-9-19-15-6-5-12(11-18)10-14(15)16/h5-6,10,13,18H,2-4,7-9,11H2,1H3. The summed E-state index contributed by atoms with van der Waals surface area (Å²) in [5, 5.41) is 8.92. The van der Waals surface area contributed by atoms with Crippen LogP contribution < -0.4 is 4.74 Å². The minimum absolute atomic E-state index is 0.149. The molecule has 1 aliphatic heterocycles. The lowest BCUT2D eigenvalue weighted by molar-refractivity contribution is 0.151. The monoisotopic (exact) mass is 267 g/mol. The van der Waals surface area contributed by atoms with Crippen molar-refractivity contribution >= 4 is 0 Å². The third-order valence-electron chi connectivity index (χ3n) is 3.81. The van der Waals surface area contributed by atoms with Crippen molar-refractivity contribution in [2.75, 3.05) is 20.2 Å². The molecule has 1 saturated heterocycles. The second-order valence-electron chi connectivity index (χ2n) is 5.19. The van der Waals surface area contributed by atoms with Crippen LogP contribution >= 0.6 is 0 Å². The highest BCUT2D eigenvalue weighted by Crippen LogP contribution is 2.21. The minimum Gasteiger partial charge on any atom is -0.490 e. The number of likely N-dealkylation sites (tertiary alicyclic amines) is 1. The fourth-order valence-corrected chi connectivity index (χ4v) is 2.57. The Balaban J connectivity index is 1.82. The third-order valence-corrected chi connectivity index (χ3v) is 3.81. The van der Waals surface area contributed by atoms with Crippen LogP contribution in [-0.4, -0.2) is 36.2 Å². The highest BCUT2D eigenvalue weighted by molar-refractivity contribution is 5.28. The van der Waals surface area contributed by atoms with Crippen LogP contribution in [0.15, 0.2) is 18.2 Å². The molecule has 0 saturated carbocycles. The van der Waals surface area contributed by atoms with Gasteiger partial charge in [-0.1, -0.05) is 12.5 Å². The normalized spacial score (nSPS) is 20.5. The maximum Gasteiger partial charge on any atom is 0.165 e. The van der Waals surface area contributed by atoms with E-state index in [0.29, 0.717) is 18.2 Å². The van der Waals surface area contributed by atoms with Gasteiger partial charge in [-0.05, 0) is 50.6 Å². The van der Waals surface area contributed by atoms with Crippen molar-refractivity contribution in [3.8, 4) is 5.75 Å². The lowest BCUT2D eigenvalue weighted by atomic mass is 10.0. The molecule has 1 N–H and O–H groups in total. The molecule has 1 aromatic carbocycles. The van der Waals surface area contributed by atoms with Crippen LogP contribution in [0, 0.1) is 5.82 Å². The van der Waals surface area contributed by atoms with Gasteiger partial charge in [0.1, 0.15) is 0 Å². The van der Waals surface area contributed by atoms with Gasteiger partial charge in [0.25, 0.3) is 0 Å². The second kappa shape index (κ2) is 6.87. The largest absolute Gasteiger partial charge is 0.490 e. The number of rotatable bonds is 5. The van der Waals surface area contributed by atoms with Crippen molar-refractivity contribution in [1.29, 1.82) is 0 Å². The first-order chi connectivity index (χ1) is 9.20. The molecule has 0 radical (unpaired) electrons. The number of hydrogen-bond donors (Lipinski definition) is 1. The number of aliphatic hydroxyl groups is 1. The van der Waals surface area contributed by atoms with E-state index < -0.39 is 5.82 Å². The molecule has 0 bridgehead atoms. The van der Waals surface area contributed by atoms with Crippen molar-refractivity contribution in [1.82, 2.24) is 4.90 Å². The van der Waals surface area contributed by atoms with Crippen LogP contribution in [0.2, 0.25) is 0 Å². The zero-order valence-corrected chi connectivity index (χ0v) is 11.4. The summed E-state index contributed by atoms with van der Waals surface area (Å²) in [6.45, 7) is 1.53. The van der Waals surface area contributed by atoms with Gasteiger partial charge in [0.15, 0.2) is 11.6 Å². The highest BCUT2D eigenvalue weighted by atomic mass is 19.1. The molecule has 1 aromatic rings. The molecule has 1 fully saturated rings. The van der Waals surface area contributed by atoms with E-state index >= 15 is 0 Å². The Kier molecular flexibility index (Phi) is 5.16. The maximum absolute atomic E-state index is 13.6. The molecular formula is C15H22FNO2. The Morgan fingerprint density at radius 2 is 2.26 bits per heavy atom. The smallest absolute Gasteiger partial charge is 0.165 e. The molecule has 0 aliphatic carbocycles. The van der Waals surface area contributed by atoms with Crippen molar-refractivity contribution in [2.24, 2.45) is 0 Å². The number of halogens is 1. The zero-order valence-electron chi connectivity index (χ0n) is 11.4. The van der Waals surface area contributed by atoms with Gasteiger partial charge in [-0.15, -0.1) is 0 Å². The number of benzene rings is 1. The maximum atomic E-state index is 13.6. The van der Waals surface area contributed by atoms with Gasteiger partial charge >= 0.3 is 0 Å². The average molecular weight is 267 g/mol. The summed E-state index contributed by atoms with van der Waals surface area (Å²) in [6, 6.07) is 5.15. The van der Waals surface area contributed by atoms with Crippen LogP contribution in [0.1, 0.15) is 31.2 Å². The molecule has 1 heterocycles. The van der Waals surface area contributed by atoms with E-state index in [1.807, 2.05) is 0 Å². The van der Waals surface area contributed by atoms with Gasteiger partial charge in [0.05, 0.1) is 13.2 Å². The van der Waals surface area contributed by atoms with Crippen molar-refractivity contribution in [3.63, 3.8) is 0 Å². The van der Waals surface area contributed by atoms with Gasteiger partial charge in [-0.25, -0.2) is 4.39 Å². The Hall–Kier alpha value is -1.13. The summed E-state index contributed by atoms with van der Waals surface area (Å²) in [4.78, 5) is 2.36. The summed E-state index contributed by atoms with van der Waals surface area (Å²) in [5.74, 6) is -0.126. The number of hydrogen-bond acceptors (Lipinski definition) is 3. The molecule has 2 rings (SSSR count). The summed E-state index contributed by atoms with van der Waals surface area (Å²) >= 11 is 0. The fourth-order valence-electron chi connectivity index (χ4n) is 2.57. The molecule has 1 unspecified atom stereocenters. The molecule has 0 amide bonds. The first-order valence-corrected chi connectivity index (χ1v) is 6.93. The molecule has 1 aliphatic rings. The summed E-state index contributed by atoms with van der Waals surface area (Å²) in [7, 11) is 2.14. The number of nitrogens with zero attached hydrogens (tertiary/aromatic N) is 1. The average Bonchev–Trinajstić information content (AvgIpc) is 2.42. The van der Waals surface area contributed by atoms with E-state index in [1.165, 1.54) is 25.3 Å². The van der Waals surface area contributed by atoms with Gasteiger partial charge < -0.3 is 14.7 Å². The van der Waals surface area contributed by atoms with Crippen molar-refractivity contribution < 1.29 is 14.2 Å². The van der Waals surface area contributed by atoms with Crippen molar-refractivity contribution in [2.45, 2.75) is 38.3 Å². The van der Waals surface area contributed by atoms with Crippen LogP contribution in [0.4, 0.5) is 4.39 Å². The number of piperidine rings is 1. The predicted octanol–water partition coefficient (Wildman–Crippen LogP) is 2.57. The molecule has 106 valence electrons. The lowest BCUT2D eigenvalue weighted by Crippen LogP contribution is -2.37. The zero-order chi connectivity index (χ0) is 13.7. The Morgan fingerprint density at radius 3 is 2.95 bits per heavy atom. The highest BCUT2D eigenvalue weighted by Gasteiger charge is 2.18. The quantitative estimate of drug-likeness (QED) is 0.890. The number of aliphatic hydroxyl groups excluding tert-OH is 1. The lowest BCUT2D eigenvalue weighted by Gasteiger charge is -2.32. The van der Waals surface area contributed by atoms with E-state index in [2.05, 4.69) is 11.9 Å². The Morgan fingerprint density at radius 1 is 1.42 bits per heavy atom. The molecule has 1 atom stereocenters. The molecule has 19 heavy (non-hydrogen) atoms. The predicted molar refractivity (Wildman–Crippen MR) is 72.7 cm³/mol. The van der Waals surface area contributed by atoms with Gasteiger partial charge in [-0.3, -0.25) is 0 Å². The Bertz CT molecular complexity index is 411. The van der Waals surface area contributed by atoms with Crippen LogP contribution in [-0.2, 0) is 6.61 Å². The fraction of sp³-hybridized carbons (Fsp3) is 0.600. The van der Waals surface area contributed by atoms with E-state index in [1.54, 1.807) is 12.1 Å². The molecular weight excluding hydrogens is 245 g/mol. The summed E-state index contributed by atoms with van der Waals surface area (Å²) in [5.41, 5.74) is 0.567. The first-order valence-electron chi connectivity index (χ1n) is 6.93. The van der Waals surface area contributed by atoms with E-state index in [-0.39, 0.29) is 12.4 Å². The van der Waals surface area contributed by atoms with Crippen LogP contribution in [0.5, 0.6) is 5.75 Å². The van der Waals surface area contributed by atoms with Gasteiger partial charge in [0, 0.05) is 6.04 Å². The van der Waals surface area contributed by atoms with Crippen molar-refractivity contribution in [3.05, 3.63) is 29.6 Å². The molecule has 0 spiro atoms. The van der Waals surface area contributed by atoms with Gasteiger partial charge in [-0.2, -0.15) is 0 Å². The van der Waals surface area contributed by atoms with Crippen LogP contribution in [0.3, 0.4) is 0 Å². The molecule has 4 heteroatoms. The summed E-state index contributed by atoms with van der Waals surface area (Å²) < 4.78 is 19.1. The second-order valence-corrected chi connectivity index (χ2v) is 5.19. The first kappa shape index (κ1) is 14.3. The SMILES string of the molecule is CN1CCCCC1CCOc1ccc(CO)cc1F. The number of ether oxygens (including phenoxy) is 1. The van der Waals surface area contributed by atoms with E-state index in [4.69, 9.17) is 9.84 Å². The topological polar surface area (TPSA) is 32.7 Å². The van der Waals surface area contributed by atoms with Crippen LogP contribution in [0.25, 0.3) is 0 Å². The summed E-state index contributed by atoms with van der Waals surface area (Å²) in [6.07, 6.45) is 4.67. The molecule has 0 aromatic heterocycles. The minimum atomic E-state index is -0.399. The van der Waals surface area contributed by atoms with Gasteiger partial charge in [0.2, 0.25) is 0 Å². The Labute approximate surface area is 114 Å². The third kappa shape index (κ3) is 3.91. The van der Waals surface area contributed by atoms with E-state index in [0.717, 1.165) is 13.0 Å².